The normalized spacial score (nSPS) is 26.4. The number of benzene rings is 2. The second kappa shape index (κ2) is 4.87. The number of ketones is 1. The molecule has 1 aliphatic heterocycles. The third-order valence-corrected chi connectivity index (χ3v) is 5.00. The molecule has 0 radical (unpaired) electrons. The van der Waals surface area contributed by atoms with Gasteiger partial charge in [0.05, 0.1) is 6.54 Å². The first kappa shape index (κ1) is 13.4. The highest BCUT2D eigenvalue weighted by Gasteiger charge is 2.51. The molecule has 3 nitrogen and oxygen atoms in total. The van der Waals surface area contributed by atoms with Crippen molar-refractivity contribution in [3.8, 4) is 0 Å². The summed E-state index contributed by atoms with van der Waals surface area (Å²) in [6.07, 6.45) is 1.65. The van der Waals surface area contributed by atoms with E-state index in [0.29, 0.717) is 6.54 Å². The minimum Gasteiger partial charge on any atom is -0.291 e. The molecular weight excluding hydrogens is 272 g/mol. The second-order valence-corrected chi connectivity index (χ2v) is 6.30. The Kier molecular flexibility index (Phi) is 2.96. The Balaban J connectivity index is 1.78. The topological polar surface area (TPSA) is 41.8 Å². The molecule has 110 valence electrons. The summed E-state index contributed by atoms with van der Waals surface area (Å²) < 4.78 is 0. The molecule has 2 atom stereocenters. The van der Waals surface area contributed by atoms with Crippen molar-refractivity contribution in [3.63, 3.8) is 0 Å². The highest BCUT2D eigenvalue weighted by atomic mass is 16.1. The van der Waals surface area contributed by atoms with Gasteiger partial charge in [0.15, 0.2) is 11.3 Å². The van der Waals surface area contributed by atoms with Crippen LogP contribution in [0.5, 0.6) is 0 Å². The Labute approximate surface area is 130 Å². The van der Waals surface area contributed by atoms with Crippen LogP contribution in [0, 0.1) is 6.92 Å². The predicted octanol–water partition coefficient (Wildman–Crippen LogP) is 4.11. The van der Waals surface area contributed by atoms with E-state index in [0.717, 1.165) is 24.0 Å². The van der Waals surface area contributed by atoms with Gasteiger partial charge in [-0.2, -0.15) is 10.2 Å². The lowest BCUT2D eigenvalue weighted by molar-refractivity contribution is 0.0853. The molecule has 0 aromatic heterocycles. The Hall–Kier alpha value is -2.29. The molecule has 3 heteroatoms. The summed E-state index contributed by atoms with van der Waals surface area (Å²) in [7, 11) is 0. The van der Waals surface area contributed by atoms with Crippen molar-refractivity contribution >= 4 is 5.78 Å². The van der Waals surface area contributed by atoms with Crippen LogP contribution >= 0.6 is 0 Å². The van der Waals surface area contributed by atoms with Gasteiger partial charge in [0.1, 0.15) is 0 Å². The maximum Gasteiger partial charge on any atom is 0.193 e. The van der Waals surface area contributed by atoms with Gasteiger partial charge in [-0.1, -0.05) is 54.1 Å². The third kappa shape index (κ3) is 1.85. The minimum absolute atomic E-state index is 0.0638. The van der Waals surface area contributed by atoms with Crippen LogP contribution in [-0.4, -0.2) is 17.9 Å². The van der Waals surface area contributed by atoms with Gasteiger partial charge in [0.2, 0.25) is 0 Å². The number of fused-ring (bicyclic) bond motifs is 1. The smallest absolute Gasteiger partial charge is 0.193 e. The van der Waals surface area contributed by atoms with Crippen LogP contribution in [0.15, 0.2) is 58.8 Å². The van der Waals surface area contributed by atoms with Crippen LogP contribution in [0.25, 0.3) is 0 Å². The zero-order chi connectivity index (χ0) is 15.2. The number of carbonyl (C=O) groups excluding carboxylic acids is 1. The van der Waals surface area contributed by atoms with E-state index in [4.69, 9.17) is 0 Å². The highest BCUT2D eigenvalue weighted by Crippen LogP contribution is 2.45. The number of aryl methyl sites for hydroxylation is 2. The molecule has 0 unspecified atom stereocenters. The van der Waals surface area contributed by atoms with Gasteiger partial charge in [-0.05, 0) is 30.9 Å². The minimum atomic E-state index is -0.691. The van der Waals surface area contributed by atoms with Crippen molar-refractivity contribution < 1.29 is 4.79 Å². The fraction of sp³-hybridized carbons (Fsp3) is 0.316. The molecule has 4 rings (SSSR count). The van der Waals surface area contributed by atoms with Gasteiger partial charge < -0.3 is 0 Å². The summed E-state index contributed by atoms with van der Waals surface area (Å²) in [4.78, 5) is 13.1. The van der Waals surface area contributed by atoms with Gasteiger partial charge in [-0.15, -0.1) is 0 Å². The number of carbonyl (C=O) groups is 1. The average molecular weight is 290 g/mol. The molecule has 0 bridgehead atoms. The molecule has 1 aliphatic carbocycles. The van der Waals surface area contributed by atoms with Crippen LogP contribution in [0.3, 0.4) is 0 Å². The lowest BCUT2D eigenvalue weighted by Crippen LogP contribution is -2.44. The first-order valence-electron chi connectivity index (χ1n) is 7.79. The van der Waals surface area contributed by atoms with E-state index in [2.05, 4.69) is 41.4 Å². The molecule has 1 spiro atoms. The highest BCUT2D eigenvalue weighted by molar-refractivity contribution is 6.06. The van der Waals surface area contributed by atoms with Crippen molar-refractivity contribution in [1.82, 2.24) is 0 Å². The maximum absolute atomic E-state index is 13.1. The summed E-state index contributed by atoms with van der Waals surface area (Å²) in [6.45, 7) is 2.68. The molecule has 0 saturated carbocycles. The van der Waals surface area contributed by atoms with E-state index in [9.17, 15) is 4.79 Å². The number of nitrogens with zero attached hydrogens (tertiary/aromatic N) is 2. The van der Waals surface area contributed by atoms with Gasteiger partial charge in [0, 0.05) is 11.5 Å². The number of hydrogen-bond acceptors (Lipinski definition) is 3. The molecule has 1 heterocycles. The van der Waals surface area contributed by atoms with E-state index in [1.807, 2.05) is 24.3 Å². The van der Waals surface area contributed by atoms with Crippen molar-refractivity contribution in [2.75, 3.05) is 6.54 Å². The second-order valence-electron chi connectivity index (χ2n) is 6.30. The molecule has 2 aromatic carbocycles. The molecule has 2 aromatic rings. The molecule has 0 N–H and O–H groups in total. The summed E-state index contributed by atoms with van der Waals surface area (Å²) in [5.41, 5.74) is 3.67. The van der Waals surface area contributed by atoms with E-state index >= 15 is 0 Å². The quantitative estimate of drug-likeness (QED) is 0.779. The van der Waals surface area contributed by atoms with Gasteiger partial charge in [-0.3, -0.25) is 4.79 Å². The Morgan fingerprint density at radius 3 is 2.68 bits per heavy atom. The zero-order valence-electron chi connectivity index (χ0n) is 12.6. The summed E-state index contributed by atoms with van der Waals surface area (Å²) in [5.74, 6) is 0.204. The first-order valence-corrected chi connectivity index (χ1v) is 7.79. The van der Waals surface area contributed by atoms with Gasteiger partial charge >= 0.3 is 0 Å². The van der Waals surface area contributed by atoms with Crippen LogP contribution in [0.4, 0.5) is 0 Å². The van der Waals surface area contributed by atoms with E-state index in [-0.39, 0.29) is 11.7 Å². The molecule has 22 heavy (non-hydrogen) atoms. The fourth-order valence-electron chi connectivity index (χ4n) is 3.71. The number of rotatable bonds is 1. The van der Waals surface area contributed by atoms with E-state index < -0.39 is 5.54 Å². The zero-order valence-corrected chi connectivity index (χ0v) is 12.6. The summed E-state index contributed by atoms with van der Waals surface area (Å²) in [5, 5.41) is 8.73. The number of Topliss-reactive ketones (excluding diaryl/α,β-unsaturated/α-hetero) is 1. The number of azo groups is 1. The fourth-order valence-corrected chi connectivity index (χ4v) is 3.71. The summed E-state index contributed by atoms with van der Waals surface area (Å²) in [6, 6.07) is 16.3. The SMILES string of the molecule is Cc1ccc([C@@H]2CN=N[C@@]23CCc2ccccc2C3=O)cc1. The van der Waals surface area contributed by atoms with E-state index in [1.165, 1.54) is 11.1 Å². The Morgan fingerprint density at radius 2 is 1.86 bits per heavy atom. The Bertz CT molecular complexity index is 763. The van der Waals surface area contributed by atoms with Crippen molar-refractivity contribution in [2.24, 2.45) is 10.2 Å². The van der Waals surface area contributed by atoms with Crippen LogP contribution in [0.1, 0.15) is 39.4 Å². The van der Waals surface area contributed by atoms with E-state index in [1.54, 1.807) is 0 Å². The number of hydrogen-bond donors (Lipinski definition) is 0. The molecule has 0 amide bonds. The van der Waals surface area contributed by atoms with Crippen molar-refractivity contribution in [3.05, 3.63) is 70.8 Å². The van der Waals surface area contributed by atoms with Crippen LogP contribution in [-0.2, 0) is 6.42 Å². The van der Waals surface area contributed by atoms with Gasteiger partial charge in [0.25, 0.3) is 0 Å². The van der Waals surface area contributed by atoms with Crippen molar-refractivity contribution in [1.29, 1.82) is 0 Å². The molecule has 0 fully saturated rings. The standard InChI is InChI=1S/C19H18N2O/c1-13-6-8-15(9-7-13)17-12-20-21-19(17)11-10-14-4-2-3-5-16(14)18(19)22/h2-9,17H,10-12H2,1H3/t17-,19-/m0/s1. The monoisotopic (exact) mass is 290 g/mol. The lowest BCUT2D eigenvalue weighted by atomic mass is 9.68. The first-order chi connectivity index (χ1) is 10.7. The van der Waals surface area contributed by atoms with Crippen LogP contribution in [0.2, 0.25) is 0 Å². The maximum atomic E-state index is 13.1. The summed E-state index contributed by atoms with van der Waals surface area (Å²) >= 11 is 0. The predicted molar refractivity (Wildman–Crippen MR) is 85.5 cm³/mol. The largest absolute Gasteiger partial charge is 0.291 e. The Morgan fingerprint density at radius 1 is 1.09 bits per heavy atom. The molecule has 0 saturated heterocycles. The third-order valence-electron chi connectivity index (χ3n) is 5.00. The van der Waals surface area contributed by atoms with Crippen molar-refractivity contribution in [2.45, 2.75) is 31.2 Å². The molecule has 2 aliphatic rings. The van der Waals surface area contributed by atoms with Gasteiger partial charge in [-0.25, -0.2) is 0 Å². The average Bonchev–Trinajstić information content (AvgIpc) is 2.97. The lowest BCUT2D eigenvalue weighted by Gasteiger charge is -2.34. The molecular formula is C19H18N2O. The van der Waals surface area contributed by atoms with Crippen LogP contribution < -0.4 is 0 Å².